The molecule has 0 spiro atoms. The Morgan fingerprint density at radius 2 is 2.10 bits per heavy atom. The number of aromatic nitrogens is 1. The Morgan fingerprint density at radius 3 is 2.85 bits per heavy atom. The molecule has 0 saturated carbocycles. The van der Waals surface area contributed by atoms with Crippen molar-refractivity contribution in [3.05, 3.63) is 60.2 Å². The molecule has 2 aromatic heterocycles. The van der Waals surface area contributed by atoms with Crippen LogP contribution in [-0.4, -0.2) is 10.5 Å². The van der Waals surface area contributed by atoms with Crippen LogP contribution in [0.4, 0.5) is 0 Å². The van der Waals surface area contributed by atoms with E-state index in [2.05, 4.69) is 6.07 Å². The number of benzene rings is 1. The molecule has 20 heavy (non-hydrogen) atoms. The first-order chi connectivity index (χ1) is 9.79. The van der Waals surface area contributed by atoms with Gasteiger partial charge in [-0.2, -0.15) is 5.26 Å². The average Bonchev–Trinajstić information content (AvgIpc) is 3.12. The van der Waals surface area contributed by atoms with Gasteiger partial charge in [0.2, 0.25) is 5.91 Å². The number of nitriles is 1. The summed E-state index contributed by atoms with van der Waals surface area (Å²) < 4.78 is 6.77. The highest BCUT2D eigenvalue weighted by Gasteiger charge is 2.13. The zero-order valence-electron chi connectivity index (χ0n) is 10.7. The van der Waals surface area contributed by atoms with Gasteiger partial charge in [-0.05, 0) is 18.2 Å². The number of aryl methyl sites for hydroxylation is 1. The van der Waals surface area contributed by atoms with Gasteiger partial charge in [-0.15, -0.1) is 0 Å². The number of carbonyl (C=O) groups excluding carboxylic acids is 1. The third-order valence-electron chi connectivity index (χ3n) is 3.27. The molecule has 2 heterocycles. The molecule has 4 heteroatoms. The first-order valence-electron chi connectivity index (χ1n) is 6.35. The molecule has 4 nitrogen and oxygen atoms in total. The van der Waals surface area contributed by atoms with Gasteiger partial charge in [0.1, 0.15) is 11.8 Å². The topological polar surface area (TPSA) is 58.9 Å². The predicted octanol–water partition coefficient (Wildman–Crippen LogP) is 3.38. The van der Waals surface area contributed by atoms with E-state index in [0.717, 1.165) is 16.7 Å². The molecule has 0 fully saturated rings. The normalized spacial score (nSPS) is 10.6. The molecule has 0 atom stereocenters. The number of hydrogen-bond acceptors (Lipinski definition) is 3. The average molecular weight is 264 g/mol. The highest BCUT2D eigenvalue weighted by Crippen LogP contribution is 2.21. The van der Waals surface area contributed by atoms with Crippen molar-refractivity contribution in [2.24, 2.45) is 0 Å². The second-order valence-corrected chi connectivity index (χ2v) is 4.51. The Balaban J connectivity index is 1.90. The van der Waals surface area contributed by atoms with Crippen molar-refractivity contribution in [2.75, 3.05) is 0 Å². The molecule has 0 bridgehead atoms. The summed E-state index contributed by atoms with van der Waals surface area (Å²) in [5.41, 5.74) is 1.29. The SMILES string of the molecule is N#Cc1cn(C(=O)CCc2ccco2)c2ccccc12. The second kappa shape index (κ2) is 5.06. The van der Waals surface area contributed by atoms with Gasteiger partial charge < -0.3 is 4.42 Å². The highest BCUT2D eigenvalue weighted by molar-refractivity contribution is 5.95. The van der Waals surface area contributed by atoms with E-state index in [9.17, 15) is 4.79 Å². The van der Waals surface area contributed by atoms with Crippen LogP contribution in [0.25, 0.3) is 10.9 Å². The molecule has 0 aliphatic heterocycles. The van der Waals surface area contributed by atoms with Crippen molar-refractivity contribution in [2.45, 2.75) is 12.8 Å². The number of rotatable bonds is 3. The predicted molar refractivity (Wildman–Crippen MR) is 74.3 cm³/mol. The maximum Gasteiger partial charge on any atom is 0.231 e. The van der Waals surface area contributed by atoms with Crippen molar-refractivity contribution in [1.29, 1.82) is 5.26 Å². The van der Waals surface area contributed by atoms with Gasteiger partial charge in [0.25, 0.3) is 0 Å². The van der Waals surface area contributed by atoms with Crippen LogP contribution in [0.3, 0.4) is 0 Å². The number of nitrogens with zero attached hydrogens (tertiary/aromatic N) is 2. The fourth-order valence-electron chi connectivity index (χ4n) is 2.28. The summed E-state index contributed by atoms with van der Waals surface area (Å²) in [5, 5.41) is 9.93. The van der Waals surface area contributed by atoms with Gasteiger partial charge in [0, 0.05) is 24.4 Å². The van der Waals surface area contributed by atoms with Crippen LogP contribution in [0.2, 0.25) is 0 Å². The van der Waals surface area contributed by atoms with E-state index in [1.165, 1.54) is 0 Å². The fraction of sp³-hybridized carbons (Fsp3) is 0.125. The van der Waals surface area contributed by atoms with Gasteiger partial charge in [-0.1, -0.05) is 18.2 Å². The second-order valence-electron chi connectivity index (χ2n) is 4.51. The largest absolute Gasteiger partial charge is 0.469 e. The van der Waals surface area contributed by atoms with E-state index in [4.69, 9.17) is 9.68 Å². The number of hydrogen-bond donors (Lipinski definition) is 0. The Labute approximate surface area is 115 Å². The number of furan rings is 1. The lowest BCUT2D eigenvalue weighted by atomic mass is 10.2. The Bertz CT molecular complexity index is 792. The van der Waals surface area contributed by atoms with Crippen LogP contribution in [0, 0.1) is 11.3 Å². The molecule has 0 amide bonds. The van der Waals surface area contributed by atoms with Gasteiger partial charge in [0.15, 0.2) is 0 Å². The molecule has 0 radical (unpaired) electrons. The van der Waals surface area contributed by atoms with Crippen LogP contribution in [-0.2, 0) is 6.42 Å². The van der Waals surface area contributed by atoms with Crippen molar-refractivity contribution >= 4 is 16.8 Å². The number of carbonyl (C=O) groups is 1. The van der Waals surface area contributed by atoms with E-state index in [1.54, 1.807) is 23.1 Å². The van der Waals surface area contributed by atoms with E-state index in [-0.39, 0.29) is 5.91 Å². The summed E-state index contributed by atoms with van der Waals surface area (Å²) in [6.45, 7) is 0. The lowest BCUT2D eigenvalue weighted by molar-refractivity contribution is 0.0906. The molecule has 0 unspecified atom stereocenters. The first-order valence-corrected chi connectivity index (χ1v) is 6.35. The van der Waals surface area contributed by atoms with E-state index in [1.807, 2.05) is 30.3 Å². The van der Waals surface area contributed by atoms with Crippen LogP contribution in [0.5, 0.6) is 0 Å². The Hall–Kier alpha value is -2.80. The van der Waals surface area contributed by atoms with Crippen molar-refractivity contribution < 1.29 is 9.21 Å². The lowest BCUT2D eigenvalue weighted by Crippen LogP contribution is -2.09. The third-order valence-corrected chi connectivity index (χ3v) is 3.27. The summed E-state index contributed by atoms with van der Waals surface area (Å²) in [4.78, 5) is 12.3. The van der Waals surface area contributed by atoms with Crippen molar-refractivity contribution in [1.82, 2.24) is 4.57 Å². The van der Waals surface area contributed by atoms with Gasteiger partial charge in [-0.3, -0.25) is 9.36 Å². The monoisotopic (exact) mass is 264 g/mol. The summed E-state index contributed by atoms with van der Waals surface area (Å²) >= 11 is 0. The molecule has 0 saturated heterocycles. The Kier molecular flexibility index (Phi) is 3.10. The third kappa shape index (κ3) is 2.10. The molecular formula is C16H12N2O2. The molecule has 3 aromatic rings. The minimum atomic E-state index is -0.0425. The maximum absolute atomic E-state index is 12.3. The molecular weight excluding hydrogens is 252 g/mol. The fourth-order valence-corrected chi connectivity index (χ4v) is 2.28. The zero-order valence-corrected chi connectivity index (χ0v) is 10.7. The van der Waals surface area contributed by atoms with Crippen LogP contribution < -0.4 is 0 Å². The van der Waals surface area contributed by atoms with Gasteiger partial charge in [0.05, 0.1) is 17.3 Å². The molecule has 0 aliphatic carbocycles. The summed E-state index contributed by atoms with van der Waals surface area (Å²) in [6, 6.07) is 13.2. The summed E-state index contributed by atoms with van der Waals surface area (Å²) in [5.74, 6) is 0.745. The molecule has 3 rings (SSSR count). The van der Waals surface area contributed by atoms with Crippen LogP contribution in [0.1, 0.15) is 22.5 Å². The highest BCUT2D eigenvalue weighted by atomic mass is 16.3. The minimum Gasteiger partial charge on any atom is -0.469 e. The molecule has 0 aliphatic rings. The quantitative estimate of drug-likeness (QED) is 0.728. The van der Waals surface area contributed by atoms with Crippen LogP contribution in [0.15, 0.2) is 53.3 Å². The van der Waals surface area contributed by atoms with E-state index < -0.39 is 0 Å². The lowest BCUT2D eigenvalue weighted by Gasteiger charge is -2.02. The van der Waals surface area contributed by atoms with Crippen LogP contribution >= 0.6 is 0 Å². The van der Waals surface area contributed by atoms with Gasteiger partial charge >= 0.3 is 0 Å². The number of fused-ring (bicyclic) bond motifs is 1. The Morgan fingerprint density at radius 1 is 1.25 bits per heavy atom. The first kappa shape index (κ1) is 12.2. The van der Waals surface area contributed by atoms with E-state index in [0.29, 0.717) is 18.4 Å². The molecule has 98 valence electrons. The molecule has 1 aromatic carbocycles. The number of para-hydroxylation sites is 1. The maximum atomic E-state index is 12.3. The standard InChI is InChI=1S/C16H12N2O2/c17-10-12-11-18(15-6-2-1-5-14(12)15)16(19)8-7-13-4-3-9-20-13/h1-6,9,11H,7-8H2. The summed E-state index contributed by atoms with van der Waals surface area (Å²) in [6.07, 6.45) is 4.10. The van der Waals surface area contributed by atoms with Gasteiger partial charge in [-0.25, -0.2) is 0 Å². The minimum absolute atomic E-state index is 0.0425. The van der Waals surface area contributed by atoms with Crippen molar-refractivity contribution in [3.63, 3.8) is 0 Å². The van der Waals surface area contributed by atoms with E-state index >= 15 is 0 Å². The molecule has 0 N–H and O–H groups in total. The zero-order chi connectivity index (χ0) is 13.9. The summed E-state index contributed by atoms with van der Waals surface area (Å²) in [7, 11) is 0. The van der Waals surface area contributed by atoms with Crippen molar-refractivity contribution in [3.8, 4) is 6.07 Å². The smallest absolute Gasteiger partial charge is 0.231 e.